The smallest absolute Gasteiger partial charge is 0.412 e. The molecular weight excluding hydrogens is 322 g/mol. The number of ether oxygens (including phenoxy) is 2. The van der Waals surface area contributed by atoms with Crippen LogP contribution in [0.4, 0.5) is 15.3 Å². The molecule has 2 aliphatic heterocycles. The number of benzene rings is 1. The van der Waals surface area contributed by atoms with E-state index in [9.17, 15) is 9.59 Å². The maximum atomic E-state index is 12.4. The number of hydrogen-bond acceptors (Lipinski definition) is 5. The second-order valence-electron chi connectivity index (χ2n) is 6.14. The van der Waals surface area contributed by atoms with Crippen LogP contribution in [0.3, 0.4) is 0 Å². The molecule has 0 bridgehead atoms. The van der Waals surface area contributed by atoms with Gasteiger partial charge in [-0.25, -0.2) is 9.59 Å². The number of aromatic nitrogens is 1. The molecule has 1 atom stereocenters. The summed E-state index contributed by atoms with van der Waals surface area (Å²) in [5.41, 5.74) is 1.54. The van der Waals surface area contributed by atoms with Crippen molar-refractivity contribution in [2.45, 2.75) is 18.6 Å². The van der Waals surface area contributed by atoms with Crippen LogP contribution in [0.15, 0.2) is 48.8 Å². The molecule has 0 radical (unpaired) electrons. The predicted octanol–water partition coefficient (Wildman–Crippen LogP) is 2.88. The van der Waals surface area contributed by atoms with Crippen molar-refractivity contribution in [2.24, 2.45) is 0 Å². The third-order valence-corrected chi connectivity index (χ3v) is 4.53. The van der Waals surface area contributed by atoms with E-state index < -0.39 is 17.8 Å². The van der Waals surface area contributed by atoms with E-state index in [0.717, 1.165) is 11.1 Å². The minimum absolute atomic E-state index is 0.213. The van der Waals surface area contributed by atoms with Crippen molar-refractivity contribution >= 4 is 17.9 Å². The summed E-state index contributed by atoms with van der Waals surface area (Å²) in [5, 5.41) is 2.64. The molecule has 25 heavy (non-hydrogen) atoms. The van der Waals surface area contributed by atoms with Gasteiger partial charge in [-0.3, -0.25) is 10.3 Å². The van der Waals surface area contributed by atoms with Gasteiger partial charge in [-0.2, -0.15) is 0 Å². The number of likely N-dealkylation sites (tertiary alicyclic amines) is 1. The third kappa shape index (κ3) is 2.88. The number of carbonyl (C=O) groups excluding carboxylic acids is 2. The van der Waals surface area contributed by atoms with Gasteiger partial charge in [-0.1, -0.05) is 30.3 Å². The topological polar surface area (TPSA) is 80.8 Å². The van der Waals surface area contributed by atoms with E-state index in [4.69, 9.17) is 9.47 Å². The molecule has 4 rings (SSSR count). The van der Waals surface area contributed by atoms with Crippen LogP contribution in [0.2, 0.25) is 0 Å². The summed E-state index contributed by atoms with van der Waals surface area (Å²) >= 11 is 0. The number of anilines is 1. The van der Waals surface area contributed by atoms with Crippen molar-refractivity contribution in [1.82, 2.24) is 9.88 Å². The molecule has 1 saturated heterocycles. The molecule has 0 saturated carbocycles. The molecule has 128 valence electrons. The van der Waals surface area contributed by atoms with Crippen molar-refractivity contribution in [2.75, 3.05) is 18.4 Å². The zero-order valence-corrected chi connectivity index (χ0v) is 13.5. The Bertz CT molecular complexity index is 811. The lowest BCUT2D eigenvalue weighted by molar-refractivity contribution is 0.0169. The molecule has 7 heteroatoms. The number of nitrogens with zero attached hydrogens (tertiary/aromatic N) is 2. The van der Waals surface area contributed by atoms with Crippen molar-refractivity contribution in [3.8, 4) is 0 Å². The minimum Gasteiger partial charge on any atom is -0.445 e. The first-order valence-corrected chi connectivity index (χ1v) is 8.06. The third-order valence-electron chi connectivity index (χ3n) is 4.53. The van der Waals surface area contributed by atoms with Crippen molar-refractivity contribution < 1.29 is 19.1 Å². The molecule has 2 aliphatic rings. The normalized spacial score (nSPS) is 21.4. The molecule has 0 aliphatic carbocycles. The first-order valence-electron chi connectivity index (χ1n) is 8.06. The van der Waals surface area contributed by atoms with Gasteiger partial charge in [-0.15, -0.1) is 0 Å². The maximum absolute atomic E-state index is 12.4. The summed E-state index contributed by atoms with van der Waals surface area (Å²) in [6.07, 6.45) is 2.83. The molecule has 1 aromatic carbocycles. The Morgan fingerprint density at radius 3 is 3.00 bits per heavy atom. The van der Waals surface area contributed by atoms with Gasteiger partial charge in [0.05, 0.1) is 18.4 Å². The number of nitrogens with one attached hydrogen (secondary N) is 1. The van der Waals surface area contributed by atoms with Crippen LogP contribution in [-0.4, -0.2) is 35.2 Å². The molecule has 1 N–H and O–H groups in total. The molecule has 2 amide bonds. The van der Waals surface area contributed by atoms with Crippen molar-refractivity contribution in [3.05, 3.63) is 59.9 Å². The van der Waals surface area contributed by atoms with Gasteiger partial charge in [0.15, 0.2) is 5.60 Å². The van der Waals surface area contributed by atoms with E-state index in [1.165, 1.54) is 0 Å². The van der Waals surface area contributed by atoms with Gasteiger partial charge in [0.1, 0.15) is 6.61 Å². The van der Waals surface area contributed by atoms with Gasteiger partial charge >= 0.3 is 12.2 Å². The fraction of sp³-hybridized carbons (Fsp3) is 0.278. The quantitative estimate of drug-likeness (QED) is 0.910. The van der Waals surface area contributed by atoms with Gasteiger partial charge in [0.25, 0.3) is 0 Å². The summed E-state index contributed by atoms with van der Waals surface area (Å²) in [5.74, 6) is 0. The first kappa shape index (κ1) is 15.4. The fourth-order valence-electron chi connectivity index (χ4n) is 3.31. The van der Waals surface area contributed by atoms with Crippen LogP contribution in [0.25, 0.3) is 0 Å². The molecule has 7 nitrogen and oxygen atoms in total. The average molecular weight is 339 g/mol. The SMILES string of the molecule is O=C1Nc2cnccc2C2(CCN(C(=O)OCc3ccccc3)C2)O1. The van der Waals surface area contributed by atoms with Crippen LogP contribution < -0.4 is 5.32 Å². The number of pyridine rings is 1. The highest BCUT2D eigenvalue weighted by Gasteiger charge is 2.49. The van der Waals surface area contributed by atoms with E-state index in [-0.39, 0.29) is 13.2 Å². The van der Waals surface area contributed by atoms with Gasteiger partial charge in [-0.05, 0) is 11.6 Å². The van der Waals surface area contributed by atoms with Crippen LogP contribution in [-0.2, 0) is 21.7 Å². The zero-order chi connectivity index (χ0) is 17.3. The Kier molecular flexibility index (Phi) is 3.76. The molecule has 1 unspecified atom stereocenters. The van der Waals surface area contributed by atoms with E-state index >= 15 is 0 Å². The monoisotopic (exact) mass is 339 g/mol. The summed E-state index contributed by atoms with van der Waals surface area (Å²) in [6.45, 7) is 0.943. The number of amides is 2. The lowest BCUT2D eigenvalue weighted by Crippen LogP contribution is -2.42. The summed E-state index contributed by atoms with van der Waals surface area (Å²) in [7, 11) is 0. The van der Waals surface area contributed by atoms with E-state index in [1.807, 2.05) is 36.4 Å². The van der Waals surface area contributed by atoms with E-state index in [0.29, 0.717) is 18.7 Å². The Balaban J connectivity index is 1.48. The zero-order valence-electron chi connectivity index (χ0n) is 13.5. The summed E-state index contributed by atoms with van der Waals surface area (Å²) in [6, 6.07) is 11.3. The highest BCUT2D eigenvalue weighted by Crippen LogP contribution is 2.42. The van der Waals surface area contributed by atoms with Crippen LogP contribution in [0.5, 0.6) is 0 Å². The minimum atomic E-state index is -0.841. The highest BCUT2D eigenvalue weighted by molar-refractivity contribution is 5.88. The van der Waals surface area contributed by atoms with Gasteiger partial charge in [0.2, 0.25) is 0 Å². The maximum Gasteiger partial charge on any atom is 0.412 e. The van der Waals surface area contributed by atoms with Crippen molar-refractivity contribution in [3.63, 3.8) is 0 Å². The fourth-order valence-corrected chi connectivity index (χ4v) is 3.31. The Morgan fingerprint density at radius 1 is 1.32 bits per heavy atom. The van der Waals surface area contributed by atoms with Crippen LogP contribution in [0.1, 0.15) is 17.5 Å². The lowest BCUT2D eigenvalue weighted by atomic mass is 9.91. The lowest BCUT2D eigenvalue weighted by Gasteiger charge is -2.34. The molecule has 1 fully saturated rings. The van der Waals surface area contributed by atoms with E-state index in [2.05, 4.69) is 10.3 Å². The predicted molar refractivity (Wildman–Crippen MR) is 88.8 cm³/mol. The van der Waals surface area contributed by atoms with Crippen LogP contribution in [0, 0.1) is 0 Å². The number of rotatable bonds is 2. The number of fused-ring (bicyclic) bond motifs is 2. The number of carbonyl (C=O) groups is 2. The van der Waals surface area contributed by atoms with Gasteiger partial charge < -0.3 is 14.4 Å². The number of hydrogen-bond donors (Lipinski definition) is 1. The summed E-state index contributed by atoms with van der Waals surface area (Å²) < 4.78 is 11.0. The summed E-state index contributed by atoms with van der Waals surface area (Å²) in [4.78, 5) is 29.9. The average Bonchev–Trinajstić information content (AvgIpc) is 3.05. The molecule has 2 aromatic rings. The van der Waals surface area contributed by atoms with Gasteiger partial charge in [0, 0.05) is 24.7 Å². The highest BCUT2D eigenvalue weighted by atomic mass is 16.6. The second kappa shape index (κ2) is 6.08. The Morgan fingerprint density at radius 2 is 2.16 bits per heavy atom. The second-order valence-corrected chi connectivity index (χ2v) is 6.14. The first-order chi connectivity index (χ1) is 12.2. The van der Waals surface area contributed by atoms with Crippen LogP contribution >= 0.6 is 0 Å². The largest absolute Gasteiger partial charge is 0.445 e. The molecule has 1 spiro atoms. The van der Waals surface area contributed by atoms with E-state index in [1.54, 1.807) is 17.3 Å². The molecule has 1 aromatic heterocycles. The van der Waals surface area contributed by atoms with Crippen molar-refractivity contribution in [1.29, 1.82) is 0 Å². The Hall–Kier alpha value is -3.09. The molecule has 3 heterocycles. The Labute approximate surface area is 144 Å². The standard InChI is InChI=1S/C18H17N3O4/c22-16-20-15-10-19-8-6-14(15)18(25-16)7-9-21(12-18)17(23)24-11-13-4-2-1-3-5-13/h1-6,8,10H,7,9,11-12H2,(H,20,22). The molecular formula is C18H17N3O4.